The highest BCUT2D eigenvalue weighted by Crippen LogP contribution is 2.16. The number of piperidine rings is 2. The summed E-state index contributed by atoms with van der Waals surface area (Å²) in [6, 6.07) is 53.2. The molecule has 100 heavy (non-hydrogen) atoms. The molecule has 0 atom stereocenters. The molecule has 0 aliphatic carbocycles. The Morgan fingerprint density at radius 1 is 0.280 bits per heavy atom. The first kappa shape index (κ1) is 84.4. The van der Waals surface area contributed by atoms with Gasteiger partial charge in [0.25, 0.3) is 0 Å². The second-order valence-electron chi connectivity index (χ2n) is 30.3. The van der Waals surface area contributed by atoms with Crippen molar-refractivity contribution in [1.82, 2.24) is 78.4 Å². The minimum absolute atomic E-state index is 0.924. The number of hydrogen-bond donors (Lipinski definition) is 0. The van der Waals surface area contributed by atoms with E-state index < -0.39 is 0 Å². The standard InChI is InChI=1S/2C17H22N2.C11H16N2.C10H20N2O.C9H18N2.C8H18N2.C6H14N2.C5H12N2/c1-18(13-16-9-5-3-6-10-16)15-19(2)14-17-11-7-4-8-12-17;1-18(2)15-19(13-16-9-5-3-6-10-16)14-17-11-7-4-8-12-17;1-12-7-8-13(10-12)9-11-5-3-2-4-6-11;1-2-4-11(5-3-1)10-12-6-8-13-9-7-12;1-2-6-10(5-1)9-11-7-3-4-8-11;1-9(2)8-10-6-4-3-5-7-10;1-7-4-3-5-8(2)6-7;1-6-3-4-7(2)5-6/h2*3-12H,13-15H2,1-2H3;2-6H,7-10H2,1H3;1-10H2;1-9H2;3-8H2,1-2H3;3-6H2,1-2H3;3-5H2,1-2H3. The van der Waals surface area contributed by atoms with Crippen LogP contribution in [0.2, 0.25) is 0 Å². The van der Waals surface area contributed by atoms with Crippen molar-refractivity contribution < 1.29 is 4.74 Å². The number of nitrogens with zero attached hydrogens (tertiary/aromatic N) is 16. The molecule has 5 aromatic carbocycles. The SMILES string of the molecule is C1CCN(CN2CCCC2)C1.C1CCN(CN2CCOCC2)CC1.CN(C)CN(Cc1ccccc1)Cc1ccccc1.CN(C)CN1CCCCC1.CN(Cc1ccccc1)CN(C)Cc1ccccc1.CN1CCCN(C)C1.CN1CCN(C)C1.CN1CCN(Cc2ccccc2)C1. The Kier molecular flexibility index (Phi) is 43.5. The molecule has 8 aliphatic heterocycles. The Hall–Kier alpha value is -4.58. The predicted octanol–water partition coefficient (Wildman–Crippen LogP) is 10.7. The van der Waals surface area contributed by atoms with Gasteiger partial charge in [-0.2, -0.15) is 0 Å². The highest BCUT2D eigenvalue weighted by molar-refractivity contribution is 5.18. The molecule has 0 spiro atoms. The van der Waals surface area contributed by atoms with E-state index in [1.54, 1.807) is 0 Å². The summed E-state index contributed by atoms with van der Waals surface area (Å²) in [7, 11) is 23.6. The van der Waals surface area contributed by atoms with Crippen LogP contribution in [0, 0.1) is 0 Å². The molecule has 0 aromatic heterocycles. The van der Waals surface area contributed by atoms with E-state index in [0.717, 1.165) is 99.0 Å². The van der Waals surface area contributed by atoms with Crippen molar-refractivity contribution in [2.45, 2.75) is 103 Å². The van der Waals surface area contributed by atoms with Gasteiger partial charge in [-0.05, 0) is 215 Å². The lowest BCUT2D eigenvalue weighted by atomic mass is 10.1. The molecule has 8 saturated heterocycles. The van der Waals surface area contributed by atoms with Crippen molar-refractivity contribution in [3.8, 4) is 0 Å². The van der Waals surface area contributed by atoms with E-state index in [2.05, 4.69) is 308 Å². The van der Waals surface area contributed by atoms with Gasteiger partial charge >= 0.3 is 0 Å². The molecule has 17 heteroatoms. The van der Waals surface area contributed by atoms with Crippen LogP contribution in [0.1, 0.15) is 98.4 Å². The molecule has 560 valence electrons. The fraction of sp³-hybridized carbons (Fsp3) is 0.639. The normalized spacial score (nSPS) is 19.6. The summed E-state index contributed by atoms with van der Waals surface area (Å²) in [4.78, 5) is 38.5. The molecule has 0 N–H and O–H groups in total. The number of likely N-dealkylation sites (N-methyl/N-ethyl adjacent to an activating group) is 3. The van der Waals surface area contributed by atoms with Gasteiger partial charge in [0, 0.05) is 85.1 Å². The topological polar surface area (TPSA) is 61.1 Å². The first-order valence-corrected chi connectivity index (χ1v) is 38.5. The summed E-state index contributed by atoms with van der Waals surface area (Å²) >= 11 is 0. The van der Waals surface area contributed by atoms with Crippen LogP contribution in [-0.4, -0.2) is 327 Å². The zero-order valence-electron chi connectivity index (χ0n) is 65.2. The van der Waals surface area contributed by atoms with E-state index >= 15 is 0 Å². The fourth-order valence-electron chi connectivity index (χ4n) is 14.1. The lowest BCUT2D eigenvalue weighted by Crippen LogP contribution is -2.45. The minimum atomic E-state index is 0.924. The van der Waals surface area contributed by atoms with Crippen molar-refractivity contribution in [3.05, 3.63) is 179 Å². The quantitative estimate of drug-likeness (QED) is 0.0695. The summed E-state index contributed by atoms with van der Waals surface area (Å²) in [5, 5.41) is 0. The Labute approximate surface area is 611 Å². The lowest BCUT2D eigenvalue weighted by Gasteiger charge is -2.34. The highest BCUT2D eigenvalue weighted by Gasteiger charge is 2.20. The Balaban J connectivity index is 0.000000184. The summed E-state index contributed by atoms with van der Waals surface area (Å²) in [5.41, 5.74) is 6.86. The van der Waals surface area contributed by atoms with E-state index in [0.29, 0.717) is 0 Å². The van der Waals surface area contributed by atoms with Crippen LogP contribution in [0.4, 0.5) is 0 Å². The molecule has 5 aromatic rings. The molecular weight excluding hydrogens is 1240 g/mol. The minimum Gasteiger partial charge on any atom is -0.379 e. The molecule has 0 amide bonds. The Bertz CT molecular complexity index is 2540. The van der Waals surface area contributed by atoms with Crippen LogP contribution in [-0.2, 0) is 37.5 Å². The highest BCUT2D eigenvalue weighted by atomic mass is 16.5. The molecule has 0 unspecified atom stereocenters. The third-order valence-corrected chi connectivity index (χ3v) is 19.1. The first-order valence-electron chi connectivity index (χ1n) is 38.5. The number of hydrogen-bond acceptors (Lipinski definition) is 17. The summed E-state index contributed by atoms with van der Waals surface area (Å²) in [5.74, 6) is 0. The molecule has 8 aliphatic rings. The van der Waals surface area contributed by atoms with Gasteiger partial charge in [-0.25, -0.2) is 0 Å². The number of rotatable bonds is 20. The van der Waals surface area contributed by atoms with Crippen LogP contribution >= 0.6 is 0 Å². The average Bonchev–Trinajstić information content (AvgIpc) is 1.82. The third kappa shape index (κ3) is 39.9. The van der Waals surface area contributed by atoms with Crippen LogP contribution < -0.4 is 0 Å². The maximum Gasteiger partial charge on any atom is 0.0594 e. The summed E-state index contributed by atoms with van der Waals surface area (Å²) in [6.45, 7) is 36.0. The zero-order valence-corrected chi connectivity index (χ0v) is 65.2. The summed E-state index contributed by atoms with van der Waals surface area (Å²) < 4.78 is 5.33. The van der Waals surface area contributed by atoms with Crippen LogP contribution in [0.15, 0.2) is 152 Å². The maximum absolute atomic E-state index is 5.33. The van der Waals surface area contributed by atoms with Gasteiger partial charge in [0.05, 0.1) is 66.6 Å². The number of morpholine rings is 1. The molecule has 0 radical (unpaired) electrons. The van der Waals surface area contributed by atoms with Crippen LogP contribution in [0.25, 0.3) is 0 Å². The van der Waals surface area contributed by atoms with Crippen molar-refractivity contribution in [2.24, 2.45) is 0 Å². The first-order chi connectivity index (χ1) is 48.6. The van der Waals surface area contributed by atoms with Gasteiger partial charge in [0.2, 0.25) is 0 Å². The van der Waals surface area contributed by atoms with Gasteiger partial charge in [-0.1, -0.05) is 165 Å². The number of benzene rings is 5. The predicted molar refractivity (Wildman–Crippen MR) is 424 cm³/mol. The van der Waals surface area contributed by atoms with E-state index in [1.165, 1.54) is 203 Å². The third-order valence-electron chi connectivity index (χ3n) is 19.1. The molecule has 13 rings (SSSR count). The Morgan fingerprint density at radius 2 is 0.600 bits per heavy atom. The van der Waals surface area contributed by atoms with Crippen molar-refractivity contribution in [3.63, 3.8) is 0 Å². The molecule has 8 fully saturated rings. The van der Waals surface area contributed by atoms with Gasteiger partial charge < -0.3 is 4.74 Å². The second kappa shape index (κ2) is 51.6. The van der Waals surface area contributed by atoms with Crippen LogP contribution in [0.5, 0.6) is 0 Å². The molecule has 17 nitrogen and oxygen atoms in total. The van der Waals surface area contributed by atoms with Gasteiger partial charge in [0.15, 0.2) is 0 Å². The monoisotopic (exact) mass is 1380 g/mol. The Morgan fingerprint density at radius 3 is 0.920 bits per heavy atom. The van der Waals surface area contributed by atoms with Gasteiger partial charge in [-0.15, -0.1) is 0 Å². The van der Waals surface area contributed by atoms with Gasteiger partial charge in [-0.3, -0.25) is 78.4 Å². The summed E-state index contributed by atoms with van der Waals surface area (Å²) in [6.07, 6.45) is 15.5. The van der Waals surface area contributed by atoms with E-state index in [-0.39, 0.29) is 0 Å². The van der Waals surface area contributed by atoms with Gasteiger partial charge in [0.1, 0.15) is 0 Å². The van der Waals surface area contributed by atoms with Crippen molar-refractivity contribution in [2.75, 3.05) is 249 Å². The van der Waals surface area contributed by atoms with E-state index in [9.17, 15) is 0 Å². The zero-order chi connectivity index (χ0) is 71.2. The lowest BCUT2D eigenvalue weighted by molar-refractivity contribution is 0.00625. The largest absolute Gasteiger partial charge is 0.379 e. The molecule has 8 heterocycles. The molecule has 0 bridgehead atoms. The number of likely N-dealkylation sites (tertiary alicyclic amines) is 4. The number of ether oxygens (including phenoxy) is 1. The molecular formula is C83H142N16O. The van der Waals surface area contributed by atoms with E-state index in [1.807, 2.05) is 0 Å². The van der Waals surface area contributed by atoms with Crippen molar-refractivity contribution in [1.29, 1.82) is 0 Å². The van der Waals surface area contributed by atoms with Crippen molar-refractivity contribution >= 4 is 0 Å². The van der Waals surface area contributed by atoms with E-state index in [4.69, 9.17) is 4.74 Å². The fourth-order valence-corrected chi connectivity index (χ4v) is 14.1. The smallest absolute Gasteiger partial charge is 0.0594 e. The average molecular weight is 1380 g/mol. The second-order valence-corrected chi connectivity index (χ2v) is 30.3. The maximum atomic E-state index is 5.33. The molecule has 0 saturated carbocycles. The van der Waals surface area contributed by atoms with Crippen LogP contribution in [0.3, 0.4) is 0 Å².